The number of thiophene rings is 2. The van der Waals surface area contributed by atoms with Crippen molar-refractivity contribution >= 4 is 38.6 Å². The zero-order valence-corrected chi connectivity index (χ0v) is 20.5. The zero-order chi connectivity index (χ0) is 21.5. The van der Waals surface area contributed by atoms with Gasteiger partial charge < -0.3 is 0 Å². The number of hydrogen-bond donors (Lipinski definition) is 0. The van der Waals surface area contributed by atoms with E-state index in [1.54, 1.807) is 11.3 Å². The van der Waals surface area contributed by atoms with Crippen LogP contribution in [0.1, 0.15) is 16.0 Å². The fourth-order valence-electron chi connectivity index (χ4n) is 3.29. The number of hydrogen-bond acceptors (Lipinski definition) is 2. The monoisotopic (exact) mass is 502 g/mol. The summed E-state index contributed by atoms with van der Waals surface area (Å²) < 4.78 is 1.15. The molecule has 5 rings (SSSR count). The standard InChI is InChI=1S/C18H15BrS.C10H8S/c1-13-7-8-16(19)11-15(13)12-17-9-10-18(20-17)14-5-3-2-4-6-14;1-2-5-9(6-3-1)10-7-4-8-11-10/h2-11H,12H2,1H3;1-8H. The topological polar surface area (TPSA) is 0 Å². The molecule has 3 heteroatoms. The molecular formula is C28H23BrS2. The van der Waals surface area contributed by atoms with Gasteiger partial charge in [0, 0.05) is 25.5 Å². The lowest BCUT2D eigenvalue weighted by atomic mass is 10.1. The molecule has 0 bridgehead atoms. The van der Waals surface area contributed by atoms with Crippen molar-refractivity contribution in [2.75, 3.05) is 0 Å². The fraction of sp³-hybridized carbons (Fsp3) is 0.0714. The minimum atomic E-state index is 1.00. The summed E-state index contributed by atoms with van der Waals surface area (Å²) in [6, 6.07) is 36.2. The predicted molar refractivity (Wildman–Crippen MR) is 141 cm³/mol. The van der Waals surface area contributed by atoms with Crippen LogP contribution in [0.15, 0.2) is 113 Å². The van der Waals surface area contributed by atoms with Gasteiger partial charge in [-0.25, -0.2) is 0 Å². The molecule has 0 unspecified atom stereocenters. The zero-order valence-electron chi connectivity index (χ0n) is 17.3. The van der Waals surface area contributed by atoms with E-state index in [-0.39, 0.29) is 0 Å². The highest BCUT2D eigenvalue weighted by Gasteiger charge is 2.06. The number of rotatable bonds is 4. The first-order valence-corrected chi connectivity index (χ1v) is 12.7. The van der Waals surface area contributed by atoms with Gasteiger partial charge in [0.2, 0.25) is 0 Å². The molecule has 3 aromatic carbocycles. The van der Waals surface area contributed by atoms with E-state index in [9.17, 15) is 0 Å². The third kappa shape index (κ3) is 6.04. The van der Waals surface area contributed by atoms with Gasteiger partial charge >= 0.3 is 0 Å². The molecular weight excluding hydrogens is 480 g/mol. The molecule has 2 aromatic heterocycles. The molecule has 0 aliphatic carbocycles. The predicted octanol–water partition coefficient (Wildman–Crippen LogP) is 9.49. The molecule has 0 aliphatic rings. The molecule has 0 N–H and O–H groups in total. The summed E-state index contributed by atoms with van der Waals surface area (Å²) in [7, 11) is 0. The summed E-state index contributed by atoms with van der Waals surface area (Å²) in [5, 5.41) is 2.10. The van der Waals surface area contributed by atoms with Crippen LogP contribution < -0.4 is 0 Å². The molecule has 0 atom stereocenters. The van der Waals surface area contributed by atoms with Crippen LogP contribution in [0.25, 0.3) is 20.9 Å². The summed E-state index contributed by atoms with van der Waals surface area (Å²) in [5.41, 5.74) is 5.35. The third-order valence-corrected chi connectivity index (χ3v) is 7.52. The van der Waals surface area contributed by atoms with E-state index in [0.29, 0.717) is 0 Å². The van der Waals surface area contributed by atoms with Gasteiger partial charge in [-0.2, -0.15) is 0 Å². The van der Waals surface area contributed by atoms with Gasteiger partial charge in [0.1, 0.15) is 0 Å². The Kier molecular flexibility index (Phi) is 7.52. The van der Waals surface area contributed by atoms with Gasteiger partial charge in [0.25, 0.3) is 0 Å². The lowest BCUT2D eigenvalue weighted by molar-refractivity contribution is 1.19. The second kappa shape index (κ2) is 10.7. The number of aryl methyl sites for hydroxylation is 1. The lowest BCUT2D eigenvalue weighted by Gasteiger charge is -2.04. The molecule has 0 saturated carbocycles. The Balaban J connectivity index is 0.000000177. The molecule has 0 fully saturated rings. The minimum absolute atomic E-state index is 1.00. The summed E-state index contributed by atoms with van der Waals surface area (Å²) in [4.78, 5) is 4.09. The smallest absolute Gasteiger partial charge is 0.0345 e. The fourth-order valence-corrected chi connectivity index (χ4v) is 5.47. The Labute approximate surface area is 201 Å². The van der Waals surface area contributed by atoms with E-state index in [1.807, 2.05) is 17.4 Å². The Morgan fingerprint density at radius 3 is 2.00 bits per heavy atom. The van der Waals surface area contributed by atoms with Crippen molar-refractivity contribution in [3.05, 3.63) is 129 Å². The normalized spacial score (nSPS) is 10.4. The van der Waals surface area contributed by atoms with Crippen LogP contribution in [0.3, 0.4) is 0 Å². The third-order valence-electron chi connectivity index (χ3n) is 4.98. The Bertz CT molecular complexity index is 1210. The van der Waals surface area contributed by atoms with Crippen molar-refractivity contribution in [3.8, 4) is 20.9 Å². The SMILES string of the molecule is Cc1ccc(Br)cc1Cc1ccc(-c2ccccc2)s1.c1ccc(-c2cccs2)cc1. The van der Waals surface area contributed by atoms with Gasteiger partial charge in [-0.3, -0.25) is 0 Å². The first kappa shape index (κ1) is 21.8. The summed E-state index contributed by atoms with van der Waals surface area (Å²) >= 11 is 7.21. The largest absolute Gasteiger partial charge is 0.144 e. The first-order valence-electron chi connectivity index (χ1n) is 10.2. The molecule has 31 heavy (non-hydrogen) atoms. The quantitative estimate of drug-likeness (QED) is 0.229. The van der Waals surface area contributed by atoms with Crippen LogP contribution in [0.4, 0.5) is 0 Å². The maximum atomic E-state index is 3.55. The highest BCUT2D eigenvalue weighted by Crippen LogP contribution is 2.30. The summed E-state index contributed by atoms with van der Waals surface area (Å²) in [6.45, 7) is 2.17. The van der Waals surface area contributed by atoms with Crippen molar-refractivity contribution in [2.24, 2.45) is 0 Å². The molecule has 0 saturated heterocycles. The van der Waals surface area contributed by atoms with E-state index in [4.69, 9.17) is 0 Å². The molecule has 0 radical (unpaired) electrons. The molecule has 5 aromatic rings. The van der Waals surface area contributed by atoms with Crippen molar-refractivity contribution in [3.63, 3.8) is 0 Å². The van der Waals surface area contributed by atoms with Gasteiger partial charge in [0.05, 0.1) is 0 Å². The summed E-state index contributed by atoms with van der Waals surface area (Å²) in [6.07, 6.45) is 1.00. The lowest BCUT2D eigenvalue weighted by Crippen LogP contribution is -1.89. The van der Waals surface area contributed by atoms with Crippen molar-refractivity contribution in [1.82, 2.24) is 0 Å². The van der Waals surface area contributed by atoms with Gasteiger partial charge in [-0.05, 0) is 64.9 Å². The average Bonchev–Trinajstić information content (AvgIpc) is 3.51. The Morgan fingerprint density at radius 2 is 1.35 bits per heavy atom. The Hall–Kier alpha value is -2.46. The van der Waals surface area contributed by atoms with Crippen molar-refractivity contribution < 1.29 is 0 Å². The van der Waals surface area contributed by atoms with Gasteiger partial charge in [-0.15, -0.1) is 22.7 Å². The number of halogens is 1. The van der Waals surface area contributed by atoms with Crippen LogP contribution in [0, 0.1) is 6.92 Å². The molecule has 0 spiro atoms. The van der Waals surface area contributed by atoms with Crippen LogP contribution in [0.5, 0.6) is 0 Å². The molecule has 0 amide bonds. The van der Waals surface area contributed by atoms with Gasteiger partial charge in [-0.1, -0.05) is 88.7 Å². The van der Waals surface area contributed by atoms with Crippen molar-refractivity contribution in [2.45, 2.75) is 13.3 Å². The maximum absolute atomic E-state index is 3.55. The first-order chi connectivity index (χ1) is 15.2. The average molecular weight is 504 g/mol. The van der Waals surface area contributed by atoms with E-state index < -0.39 is 0 Å². The second-order valence-electron chi connectivity index (χ2n) is 7.22. The molecule has 154 valence electrons. The Morgan fingerprint density at radius 1 is 0.677 bits per heavy atom. The molecule has 0 nitrogen and oxygen atoms in total. The molecule has 0 aliphatic heterocycles. The van der Waals surface area contributed by atoms with E-state index in [0.717, 1.165) is 10.9 Å². The second-order valence-corrected chi connectivity index (χ2v) is 10.3. The van der Waals surface area contributed by atoms with Crippen LogP contribution in [-0.2, 0) is 6.42 Å². The van der Waals surface area contributed by atoms with E-state index in [2.05, 4.69) is 125 Å². The highest BCUT2D eigenvalue weighted by molar-refractivity contribution is 9.10. The van der Waals surface area contributed by atoms with Crippen LogP contribution in [-0.4, -0.2) is 0 Å². The minimum Gasteiger partial charge on any atom is -0.144 e. The maximum Gasteiger partial charge on any atom is 0.0345 e. The van der Waals surface area contributed by atoms with Crippen LogP contribution in [0.2, 0.25) is 0 Å². The van der Waals surface area contributed by atoms with Gasteiger partial charge in [0.15, 0.2) is 0 Å². The number of benzene rings is 3. The van der Waals surface area contributed by atoms with Crippen molar-refractivity contribution in [1.29, 1.82) is 0 Å². The van der Waals surface area contributed by atoms with E-state index >= 15 is 0 Å². The highest BCUT2D eigenvalue weighted by atomic mass is 79.9. The summed E-state index contributed by atoms with van der Waals surface area (Å²) in [5.74, 6) is 0. The van der Waals surface area contributed by atoms with E-state index in [1.165, 1.54) is 36.9 Å². The van der Waals surface area contributed by atoms with Crippen LogP contribution >= 0.6 is 38.6 Å². The molecule has 2 heterocycles.